The molecule has 0 bridgehead atoms. The van der Waals surface area contributed by atoms with Crippen molar-refractivity contribution in [3.8, 4) is 0 Å². The van der Waals surface area contributed by atoms with Crippen LogP contribution in [0.15, 0.2) is 54.6 Å². The third-order valence-electron chi connectivity index (χ3n) is 3.38. The van der Waals surface area contributed by atoms with Crippen LogP contribution >= 0.6 is 0 Å². The zero-order valence-electron chi connectivity index (χ0n) is 10.7. The Hall–Kier alpha value is -1.67. The molecule has 0 saturated heterocycles. The zero-order chi connectivity index (χ0) is 13.0. The van der Waals surface area contributed by atoms with Crippen LogP contribution in [0.4, 0.5) is 4.39 Å². The molecule has 18 heavy (non-hydrogen) atoms. The van der Waals surface area contributed by atoms with Gasteiger partial charge in [0.1, 0.15) is 5.82 Å². The Morgan fingerprint density at radius 1 is 0.944 bits per heavy atom. The molecule has 2 aromatic carbocycles. The van der Waals surface area contributed by atoms with E-state index in [-0.39, 0.29) is 17.8 Å². The highest BCUT2D eigenvalue weighted by Gasteiger charge is 2.21. The Labute approximate surface area is 108 Å². The molecule has 0 heterocycles. The Morgan fingerprint density at radius 3 is 2.17 bits per heavy atom. The van der Waals surface area contributed by atoms with Gasteiger partial charge in [-0.05, 0) is 18.7 Å². The van der Waals surface area contributed by atoms with E-state index in [1.165, 1.54) is 11.6 Å². The van der Waals surface area contributed by atoms with Crippen LogP contribution in [-0.2, 0) is 0 Å². The number of hydrogen-bond donors (Lipinski definition) is 1. The average molecular weight is 243 g/mol. The van der Waals surface area contributed by atoms with Crippen LogP contribution < -0.4 is 5.32 Å². The first-order valence-corrected chi connectivity index (χ1v) is 6.20. The molecular formula is C16H18FN. The second-order valence-electron chi connectivity index (χ2n) is 4.49. The number of halogens is 1. The minimum Gasteiger partial charge on any atom is -0.312 e. The topological polar surface area (TPSA) is 12.0 Å². The molecule has 0 amide bonds. The Balaban J connectivity index is 2.32. The van der Waals surface area contributed by atoms with Crippen molar-refractivity contribution in [3.63, 3.8) is 0 Å². The SMILES string of the molecule is CNC(c1ccccc1F)C(C)c1ccccc1. The van der Waals surface area contributed by atoms with Gasteiger partial charge < -0.3 is 5.32 Å². The summed E-state index contributed by atoms with van der Waals surface area (Å²) < 4.78 is 13.9. The summed E-state index contributed by atoms with van der Waals surface area (Å²) in [5, 5.41) is 3.22. The molecule has 2 rings (SSSR count). The lowest BCUT2D eigenvalue weighted by molar-refractivity contribution is 0.478. The smallest absolute Gasteiger partial charge is 0.127 e. The van der Waals surface area contributed by atoms with Gasteiger partial charge in [-0.15, -0.1) is 0 Å². The van der Waals surface area contributed by atoms with Crippen molar-refractivity contribution in [1.29, 1.82) is 0 Å². The van der Waals surface area contributed by atoms with Gasteiger partial charge in [0.25, 0.3) is 0 Å². The molecule has 2 heteroatoms. The Morgan fingerprint density at radius 2 is 1.56 bits per heavy atom. The lowest BCUT2D eigenvalue weighted by Crippen LogP contribution is -2.23. The third kappa shape index (κ3) is 2.59. The van der Waals surface area contributed by atoms with Crippen LogP contribution in [0, 0.1) is 5.82 Å². The highest BCUT2D eigenvalue weighted by molar-refractivity contribution is 5.28. The number of benzene rings is 2. The predicted molar refractivity (Wildman–Crippen MR) is 73.1 cm³/mol. The van der Waals surface area contributed by atoms with Gasteiger partial charge in [-0.1, -0.05) is 55.5 Å². The molecule has 0 aliphatic carbocycles. The fourth-order valence-corrected chi connectivity index (χ4v) is 2.35. The van der Waals surface area contributed by atoms with Gasteiger partial charge in [0.05, 0.1) is 0 Å². The molecule has 0 fully saturated rings. The molecule has 0 spiro atoms. The fourth-order valence-electron chi connectivity index (χ4n) is 2.35. The summed E-state index contributed by atoms with van der Waals surface area (Å²) in [5.74, 6) is 0.0627. The number of hydrogen-bond acceptors (Lipinski definition) is 1. The van der Waals surface area contributed by atoms with Crippen molar-refractivity contribution in [3.05, 3.63) is 71.5 Å². The molecule has 0 aliphatic rings. The van der Waals surface area contributed by atoms with E-state index in [9.17, 15) is 4.39 Å². The van der Waals surface area contributed by atoms with Crippen LogP contribution in [0.5, 0.6) is 0 Å². The van der Waals surface area contributed by atoms with E-state index in [2.05, 4.69) is 24.4 Å². The minimum atomic E-state index is -0.153. The largest absolute Gasteiger partial charge is 0.312 e. The predicted octanol–water partition coefficient (Wildman–Crippen LogP) is 3.89. The number of rotatable bonds is 4. The minimum absolute atomic E-state index is 0.0198. The summed E-state index contributed by atoms with van der Waals surface area (Å²) >= 11 is 0. The normalized spacial score (nSPS) is 14.2. The molecule has 1 nitrogen and oxygen atoms in total. The number of likely N-dealkylation sites (N-methyl/N-ethyl adjacent to an activating group) is 1. The van der Waals surface area contributed by atoms with Crippen LogP contribution in [0.25, 0.3) is 0 Å². The van der Waals surface area contributed by atoms with Gasteiger partial charge >= 0.3 is 0 Å². The van der Waals surface area contributed by atoms with E-state index in [0.29, 0.717) is 0 Å². The van der Waals surface area contributed by atoms with Crippen LogP contribution in [0.3, 0.4) is 0 Å². The van der Waals surface area contributed by atoms with Crippen molar-refractivity contribution in [2.24, 2.45) is 0 Å². The van der Waals surface area contributed by atoms with Crippen molar-refractivity contribution in [1.82, 2.24) is 5.32 Å². The summed E-state index contributed by atoms with van der Waals surface area (Å²) in [6.45, 7) is 2.11. The van der Waals surface area contributed by atoms with E-state index in [0.717, 1.165) is 5.56 Å². The first-order chi connectivity index (χ1) is 8.74. The molecular weight excluding hydrogens is 225 g/mol. The van der Waals surface area contributed by atoms with Gasteiger partial charge in [0.15, 0.2) is 0 Å². The first-order valence-electron chi connectivity index (χ1n) is 6.20. The lowest BCUT2D eigenvalue weighted by Gasteiger charge is -2.24. The third-order valence-corrected chi connectivity index (χ3v) is 3.38. The molecule has 2 unspecified atom stereocenters. The van der Waals surface area contributed by atoms with Crippen molar-refractivity contribution in [2.75, 3.05) is 7.05 Å². The first kappa shape index (κ1) is 12.8. The van der Waals surface area contributed by atoms with Crippen molar-refractivity contribution in [2.45, 2.75) is 18.9 Å². The molecule has 2 atom stereocenters. The quantitative estimate of drug-likeness (QED) is 0.859. The average Bonchev–Trinajstić information content (AvgIpc) is 2.42. The second-order valence-corrected chi connectivity index (χ2v) is 4.49. The molecule has 2 aromatic rings. The maximum Gasteiger partial charge on any atom is 0.127 e. The van der Waals surface area contributed by atoms with E-state index >= 15 is 0 Å². The summed E-state index contributed by atoms with van der Waals surface area (Å²) in [4.78, 5) is 0. The standard InChI is InChI=1S/C16H18FN/c1-12(13-8-4-3-5-9-13)16(18-2)14-10-6-7-11-15(14)17/h3-12,16,18H,1-2H3. The van der Waals surface area contributed by atoms with Gasteiger partial charge in [-0.25, -0.2) is 4.39 Å². The van der Waals surface area contributed by atoms with Gasteiger partial charge in [-0.3, -0.25) is 0 Å². The Kier molecular flexibility index (Phi) is 4.11. The van der Waals surface area contributed by atoms with Crippen molar-refractivity contribution < 1.29 is 4.39 Å². The summed E-state index contributed by atoms with van der Waals surface area (Å²) in [5.41, 5.74) is 1.93. The van der Waals surface area contributed by atoms with E-state index in [4.69, 9.17) is 0 Å². The maximum absolute atomic E-state index is 13.9. The maximum atomic E-state index is 13.9. The summed E-state index contributed by atoms with van der Waals surface area (Å²) in [7, 11) is 1.87. The van der Waals surface area contributed by atoms with E-state index in [1.807, 2.05) is 37.4 Å². The highest BCUT2D eigenvalue weighted by atomic mass is 19.1. The lowest BCUT2D eigenvalue weighted by atomic mass is 9.88. The molecule has 0 saturated carbocycles. The summed E-state index contributed by atoms with van der Waals surface area (Å²) in [6.07, 6.45) is 0. The molecule has 0 aliphatic heterocycles. The second kappa shape index (κ2) is 5.78. The molecule has 94 valence electrons. The Bertz CT molecular complexity index is 495. The van der Waals surface area contributed by atoms with Gasteiger partial charge in [0, 0.05) is 17.5 Å². The molecule has 0 radical (unpaired) electrons. The van der Waals surface area contributed by atoms with Crippen molar-refractivity contribution >= 4 is 0 Å². The van der Waals surface area contributed by atoms with Gasteiger partial charge in [0.2, 0.25) is 0 Å². The zero-order valence-corrected chi connectivity index (χ0v) is 10.7. The molecule has 1 N–H and O–H groups in total. The van der Waals surface area contributed by atoms with E-state index < -0.39 is 0 Å². The summed E-state index contributed by atoms with van der Waals surface area (Å²) in [6, 6.07) is 17.1. The molecule has 0 aromatic heterocycles. The van der Waals surface area contributed by atoms with Crippen LogP contribution in [0.1, 0.15) is 30.0 Å². The van der Waals surface area contributed by atoms with Crippen LogP contribution in [0.2, 0.25) is 0 Å². The fraction of sp³-hybridized carbons (Fsp3) is 0.250. The number of nitrogens with one attached hydrogen (secondary N) is 1. The monoisotopic (exact) mass is 243 g/mol. The van der Waals surface area contributed by atoms with E-state index in [1.54, 1.807) is 6.07 Å². The highest BCUT2D eigenvalue weighted by Crippen LogP contribution is 2.31. The van der Waals surface area contributed by atoms with Gasteiger partial charge in [-0.2, -0.15) is 0 Å². The van der Waals surface area contributed by atoms with Crippen LogP contribution in [-0.4, -0.2) is 7.05 Å².